The lowest BCUT2D eigenvalue weighted by Gasteiger charge is -2.40. The Hall–Kier alpha value is -2.43. The van der Waals surface area contributed by atoms with Crippen LogP contribution in [0, 0.1) is 0 Å². The van der Waals surface area contributed by atoms with Crippen molar-refractivity contribution in [2.75, 3.05) is 12.8 Å². The average molecular weight is 348 g/mol. The van der Waals surface area contributed by atoms with Gasteiger partial charge in [-0.25, -0.2) is 0 Å². The first-order chi connectivity index (χ1) is 12.3. The molecule has 1 heterocycles. The Balaban J connectivity index is 2.00. The van der Waals surface area contributed by atoms with Crippen LogP contribution in [0.3, 0.4) is 0 Å². The molecule has 2 aromatic rings. The molecule has 0 saturated heterocycles. The zero-order chi connectivity index (χ0) is 18.6. The fraction of sp³-hybridized carbons (Fsp3) is 0.318. The Labute approximate surface area is 154 Å². The zero-order valence-electron chi connectivity index (χ0n) is 15.4. The summed E-state index contributed by atoms with van der Waals surface area (Å²) in [6.07, 6.45) is 4.58. The van der Waals surface area contributed by atoms with Gasteiger partial charge in [-0.3, -0.25) is 4.99 Å². The van der Waals surface area contributed by atoms with E-state index in [-0.39, 0.29) is 5.54 Å². The maximum atomic E-state index is 10.9. The van der Waals surface area contributed by atoms with Crippen LogP contribution in [0.2, 0.25) is 0 Å². The number of aliphatic hydroxyl groups is 1. The summed E-state index contributed by atoms with van der Waals surface area (Å²) in [4.78, 5) is 5.06. The molecule has 3 N–H and O–H groups in total. The van der Waals surface area contributed by atoms with Crippen LogP contribution in [0.25, 0.3) is 0 Å². The zero-order valence-corrected chi connectivity index (χ0v) is 15.4. The molecule has 2 atom stereocenters. The highest BCUT2D eigenvalue weighted by Crippen LogP contribution is 2.51. The van der Waals surface area contributed by atoms with Crippen LogP contribution >= 0.6 is 0 Å². The average Bonchev–Trinajstić information content (AvgIpc) is 2.91. The molecule has 0 radical (unpaired) electrons. The van der Waals surface area contributed by atoms with E-state index in [0.29, 0.717) is 5.69 Å². The molecular formula is C22H24N2O2. The topological polar surface area (TPSA) is 67.8 Å². The molecule has 4 nitrogen and oxygen atoms in total. The monoisotopic (exact) mass is 348 g/mol. The number of hydrogen-bond acceptors (Lipinski definition) is 4. The van der Waals surface area contributed by atoms with Crippen molar-refractivity contribution in [3.8, 4) is 0 Å². The number of nitrogens with two attached hydrogens (primary N) is 1. The Morgan fingerprint density at radius 3 is 2.35 bits per heavy atom. The Morgan fingerprint density at radius 2 is 1.65 bits per heavy atom. The molecule has 0 saturated carbocycles. The minimum absolute atomic E-state index is 0.238. The molecule has 134 valence electrons. The number of fused-ring (bicyclic) bond motifs is 2. The van der Waals surface area contributed by atoms with Crippen LogP contribution in [-0.2, 0) is 15.9 Å². The third-order valence-electron chi connectivity index (χ3n) is 5.46. The minimum Gasteiger partial charge on any atom is -0.398 e. The van der Waals surface area contributed by atoms with Crippen molar-refractivity contribution < 1.29 is 9.84 Å². The van der Waals surface area contributed by atoms with Crippen molar-refractivity contribution in [1.29, 1.82) is 0 Å². The summed E-state index contributed by atoms with van der Waals surface area (Å²) in [5.74, 6) is -1.43. The van der Waals surface area contributed by atoms with Crippen LogP contribution in [0.15, 0.2) is 65.7 Å². The van der Waals surface area contributed by atoms with Gasteiger partial charge < -0.3 is 15.6 Å². The quantitative estimate of drug-likeness (QED) is 0.495. The summed E-state index contributed by atoms with van der Waals surface area (Å²) in [7, 11) is 1.52. The third kappa shape index (κ3) is 2.33. The van der Waals surface area contributed by atoms with Gasteiger partial charge in [0.2, 0.25) is 5.79 Å². The van der Waals surface area contributed by atoms with Gasteiger partial charge in [0.25, 0.3) is 0 Å². The first-order valence-corrected chi connectivity index (χ1v) is 8.84. The molecule has 2 aromatic carbocycles. The molecule has 2 unspecified atom stereocenters. The highest BCUT2D eigenvalue weighted by atomic mass is 16.6. The fourth-order valence-corrected chi connectivity index (χ4v) is 4.38. The maximum absolute atomic E-state index is 10.9. The summed E-state index contributed by atoms with van der Waals surface area (Å²) in [5.41, 5.74) is 9.99. The number of hydrogen-bond donors (Lipinski definition) is 2. The number of anilines is 1. The molecule has 4 rings (SSSR count). The van der Waals surface area contributed by atoms with Gasteiger partial charge in [0.05, 0.1) is 16.7 Å². The largest absolute Gasteiger partial charge is 0.398 e. The van der Waals surface area contributed by atoms with Gasteiger partial charge in [0.1, 0.15) is 0 Å². The van der Waals surface area contributed by atoms with Crippen molar-refractivity contribution >= 4 is 11.4 Å². The van der Waals surface area contributed by atoms with Crippen LogP contribution in [0.4, 0.5) is 5.69 Å². The summed E-state index contributed by atoms with van der Waals surface area (Å²) in [6.45, 7) is 4.27. The van der Waals surface area contributed by atoms with E-state index in [1.54, 1.807) is 6.08 Å². The smallest absolute Gasteiger partial charge is 0.212 e. The molecule has 4 heteroatoms. The normalized spacial score (nSPS) is 28.8. The highest BCUT2D eigenvalue weighted by Gasteiger charge is 2.52. The van der Waals surface area contributed by atoms with Gasteiger partial charge in [0.15, 0.2) is 0 Å². The molecule has 0 fully saturated rings. The lowest BCUT2D eigenvalue weighted by Crippen LogP contribution is -2.42. The van der Waals surface area contributed by atoms with Crippen molar-refractivity contribution in [2.24, 2.45) is 4.99 Å². The maximum Gasteiger partial charge on any atom is 0.212 e. The second-order valence-corrected chi connectivity index (χ2v) is 7.79. The molecule has 1 aliphatic heterocycles. The number of para-hydroxylation sites is 1. The molecule has 1 spiro atoms. The molecule has 0 aromatic heterocycles. The number of nitrogen functional groups attached to an aromatic ring is 1. The molecule has 1 aliphatic carbocycles. The van der Waals surface area contributed by atoms with Crippen molar-refractivity contribution in [3.63, 3.8) is 0 Å². The van der Waals surface area contributed by atoms with Gasteiger partial charge in [0, 0.05) is 23.9 Å². The van der Waals surface area contributed by atoms with Crippen LogP contribution in [0.1, 0.15) is 37.0 Å². The van der Waals surface area contributed by atoms with Gasteiger partial charge in [-0.05, 0) is 38.0 Å². The summed E-state index contributed by atoms with van der Waals surface area (Å²) in [6, 6.07) is 15.7. The number of ether oxygens (including phenoxy) is 1. The SMILES string of the molecule is COC1(O)C=CC2(CC(C)(C)N=C2c2ccccc2N)c2ccccc21. The van der Waals surface area contributed by atoms with Gasteiger partial charge >= 0.3 is 0 Å². The van der Waals surface area contributed by atoms with Crippen molar-refractivity contribution in [1.82, 2.24) is 0 Å². The van der Waals surface area contributed by atoms with Crippen molar-refractivity contribution in [2.45, 2.75) is 37.0 Å². The van der Waals surface area contributed by atoms with Gasteiger partial charge in [-0.1, -0.05) is 48.5 Å². The van der Waals surface area contributed by atoms with E-state index in [1.165, 1.54) is 7.11 Å². The van der Waals surface area contributed by atoms with E-state index in [9.17, 15) is 5.11 Å². The molecule has 0 bridgehead atoms. The number of aliphatic imine (C=N–C) groups is 1. The van der Waals surface area contributed by atoms with Crippen LogP contribution in [-0.4, -0.2) is 23.5 Å². The van der Waals surface area contributed by atoms with E-state index in [2.05, 4.69) is 19.9 Å². The highest BCUT2D eigenvalue weighted by molar-refractivity contribution is 6.14. The second kappa shape index (κ2) is 5.53. The molecule has 26 heavy (non-hydrogen) atoms. The van der Waals surface area contributed by atoms with Gasteiger partial charge in [-0.15, -0.1) is 0 Å². The first kappa shape index (κ1) is 17.0. The number of rotatable bonds is 2. The number of benzene rings is 2. The van der Waals surface area contributed by atoms with Crippen molar-refractivity contribution in [3.05, 3.63) is 77.4 Å². The Morgan fingerprint density at radius 1 is 1.00 bits per heavy atom. The van der Waals surface area contributed by atoms with Gasteiger partial charge in [-0.2, -0.15) is 0 Å². The molecule has 2 aliphatic rings. The summed E-state index contributed by atoms with van der Waals surface area (Å²) < 4.78 is 5.43. The minimum atomic E-state index is -1.43. The standard InChI is InChI=1S/C22H24N2O2/c1-20(2)14-21(19(24-20)15-8-4-7-11-18(15)23)12-13-22(25,26-3)17-10-6-5-9-16(17)21/h4-13,25H,14,23H2,1-3H3. The second-order valence-electron chi connectivity index (χ2n) is 7.79. The number of nitrogens with zero attached hydrogens (tertiary/aromatic N) is 1. The number of methoxy groups -OCH3 is 1. The van der Waals surface area contributed by atoms with E-state index in [1.807, 2.05) is 48.5 Å². The Bertz CT molecular complexity index is 931. The predicted octanol–water partition coefficient (Wildman–Crippen LogP) is 3.54. The van der Waals surface area contributed by atoms with E-state index in [4.69, 9.17) is 15.5 Å². The number of allylic oxidation sites excluding steroid dienone is 1. The predicted molar refractivity (Wildman–Crippen MR) is 104 cm³/mol. The lowest BCUT2D eigenvalue weighted by molar-refractivity contribution is -0.156. The first-order valence-electron chi connectivity index (χ1n) is 8.84. The summed E-state index contributed by atoms with van der Waals surface area (Å²) in [5, 5.41) is 10.9. The summed E-state index contributed by atoms with van der Waals surface area (Å²) >= 11 is 0. The molecule has 0 amide bonds. The van der Waals surface area contributed by atoms with Crippen LogP contribution < -0.4 is 5.73 Å². The third-order valence-corrected chi connectivity index (χ3v) is 5.46. The van der Waals surface area contributed by atoms with E-state index < -0.39 is 11.2 Å². The van der Waals surface area contributed by atoms with E-state index in [0.717, 1.165) is 28.8 Å². The lowest BCUT2D eigenvalue weighted by atomic mass is 9.65. The fourth-order valence-electron chi connectivity index (χ4n) is 4.38. The Kier molecular flexibility index (Phi) is 3.62. The van der Waals surface area contributed by atoms with Crippen LogP contribution in [0.5, 0.6) is 0 Å². The van der Waals surface area contributed by atoms with E-state index >= 15 is 0 Å². The molecular weight excluding hydrogens is 324 g/mol.